The normalized spacial score (nSPS) is 11.2. The van der Waals surface area contributed by atoms with E-state index in [1.165, 1.54) is 29.2 Å². The third-order valence-electron chi connectivity index (χ3n) is 4.18. The minimum Gasteiger partial charge on any atom is -0.305 e. The second-order valence-electron chi connectivity index (χ2n) is 6.33. The third kappa shape index (κ3) is 4.08. The highest BCUT2D eigenvalue weighted by molar-refractivity contribution is 7.90. The number of benzene rings is 1. The average Bonchev–Trinajstić information content (AvgIpc) is 3.24. The molecule has 0 fully saturated rings. The Morgan fingerprint density at radius 3 is 2.43 bits per heavy atom. The van der Waals surface area contributed by atoms with Crippen LogP contribution in [0.15, 0.2) is 78.1 Å². The Labute approximate surface area is 172 Å². The minimum atomic E-state index is -3.31. The third-order valence-corrected chi connectivity index (χ3v) is 5.30. The van der Waals surface area contributed by atoms with Gasteiger partial charge in [-0.25, -0.2) is 23.1 Å². The van der Waals surface area contributed by atoms with Crippen LogP contribution in [-0.4, -0.2) is 45.3 Å². The van der Waals surface area contributed by atoms with E-state index in [-0.39, 0.29) is 10.6 Å². The van der Waals surface area contributed by atoms with E-state index < -0.39 is 15.7 Å². The Morgan fingerprint density at radius 2 is 1.73 bits per heavy atom. The maximum absolute atomic E-state index is 12.8. The highest BCUT2D eigenvalue weighted by Crippen LogP contribution is 2.17. The maximum Gasteiger partial charge on any atom is 0.275 e. The monoisotopic (exact) mass is 420 g/mol. The first-order valence-electron chi connectivity index (χ1n) is 8.82. The smallest absolute Gasteiger partial charge is 0.275 e. The topological polar surface area (TPSA) is 120 Å². The molecule has 1 N–H and O–H groups in total. The first-order valence-corrected chi connectivity index (χ1v) is 10.7. The molecule has 9 nitrogen and oxygen atoms in total. The second-order valence-corrected chi connectivity index (χ2v) is 8.34. The molecule has 0 radical (unpaired) electrons. The fraction of sp³-hybridized carbons (Fsp3) is 0.0500. The van der Waals surface area contributed by atoms with Crippen LogP contribution in [0.1, 0.15) is 10.5 Å². The number of anilines is 1. The van der Waals surface area contributed by atoms with E-state index in [0.717, 1.165) is 6.26 Å². The summed E-state index contributed by atoms with van der Waals surface area (Å²) in [6.07, 6.45) is 5.79. The quantitative estimate of drug-likeness (QED) is 0.526. The van der Waals surface area contributed by atoms with Gasteiger partial charge < -0.3 is 5.32 Å². The molecule has 1 aromatic carbocycles. The Morgan fingerprint density at radius 1 is 0.933 bits per heavy atom. The summed E-state index contributed by atoms with van der Waals surface area (Å²) in [5.41, 5.74) is 1.40. The number of hydrogen-bond acceptors (Lipinski definition) is 7. The number of nitrogens with one attached hydrogen (secondary N) is 1. The zero-order valence-electron chi connectivity index (χ0n) is 15.8. The van der Waals surface area contributed by atoms with Gasteiger partial charge in [-0.3, -0.25) is 9.78 Å². The van der Waals surface area contributed by atoms with Crippen molar-refractivity contribution in [2.24, 2.45) is 0 Å². The number of aromatic nitrogens is 5. The molecule has 0 aliphatic heterocycles. The van der Waals surface area contributed by atoms with E-state index in [4.69, 9.17) is 0 Å². The van der Waals surface area contributed by atoms with E-state index in [1.807, 2.05) is 6.07 Å². The highest BCUT2D eigenvalue weighted by atomic mass is 32.2. The van der Waals surface area contributed by atoms with Crippen molar-refractivity contribution in [1.82, 2.24) is 24.7 Å². The number of rotatable bonds is 5. The van der Waals surface area contributed by atoms with Gasteiger partial charge in [-0.1, -0.05) is 6.07 Å². The summed E-state index contributed by atoms with van der Waals surface area (Å²) < 4.78 is 24.7. The molecule has 0 saturated carbocycles. The Balaban J connectivity index is 1.58. The van der Waals surface area contributed by atoms with Gasteiger partial charge in [0.15, 0.2) is 15.7 Å². The maximum atomic E-state index is 12.8. The first kappa shape index (κ1) is 19.4. The lowest BCUT2D eigenvalue weighted by molar-refractivity contribution is 0.101. The summed E-state index contributed by atoms with van der Waals surface area (Å²) in [7, 11) is -3.31. The standard InChI is InChI=1S/C20H16N6O3S/c1-30(28,29)15-7-5-14(6-8-15)26-17(9-13-23-26)20(27)25-18-10-12-22-19(24-18)16-4-2-3-11-21-16/h2-13H,1H3,(H,22,24,25,27). The Hall–Kier alpha value is -3.92. The predicted molar refractivity (Wildman–Crippen MR) is 110 cm³/mol. The molecule has 0 unspecified atom stereocenters. The van der Waals surface area contributed by atoms with Gasteiger partial charge >= 0.3 is 0 Å². The molecule has 0 aliphatic carbocycles. The van der Waals surface area contributed by atoms with Crippen LogP contribution in [0.5, 0.6) is 0 Å². The van der Waals surface area contributed by atoms with Gasteiger partial charge in [-0.05, 0) is 48.5 Å². The van der Waals surface area contributed by atoms with Crippen LogP contribution in [0.2, 0.25) is 0 Å². The zero-order valence-corrected chi connectivity index (χ0v) is 16.6. The van der Waals surface area contributed by atoms with Gasteiger partial charge in [0.05, 0.1) is 16.8 Å². The summed E-state index contributed by atoms with van der Waals surface area (Å²) in [4.78, 5) is 25.7. The van der Waals surface area contributed by atoms with E-state index >= 15 is 0 Å². The van der Waals surface area contributed by atoms with Crippen molar-refractivity contribution in [2.45, 2.75) is 4.90 Å². The molecule has 0 atom stereocenters. The van der Waals surface area contributed by atoms with Crippen LogP contribution in [0, 0.1) is 0 Å². The van der Waals surface area contributed by atoms with Crippen molar-refractivity contribution < 1.29 is 13.2 Å². The molecule has 10 heteroatoms. The van der Waals surface area contributed by atoms with E-state index in [1.54, 1.807) is 42.6 Å². The van der Waals surface area contributed by atoms with Gasteiger partial charge in [0.1, 0.15) is 17.2 Å². The fourth-order valence-electron chi connectivity index (χ4n) is 2.74. The molecule has 0 saturated heterocycles. The predicted octanol–water partition coefficient (Wildman–Crippen LogP) is 2.38. The second kappa shape index (κ2) is 7.84. The highest BCUT2D eigenvalue weighted by Gasteiger charge is 2.16. The first-order chi connectivity index (χ1) is 14.4. The number of pyridine rings is 1. The summed E-state index contributed by atoms with van der Waals surface area (Å²) in [5.74, 6) is 0.277. The largest absolute Gasteiger partial charge is 0.305 e. The molecule has 0 bridgehead atoms. The van der Waals surface area contributed by atoms with Crippen LogP contribution in [0.25, 0.3) is 17.2 Å². The lowest BCUT2D eigenvalue weighted by Crippen LogP contribution is -2.18. The number of hydrogen-bond donors (Lipinski definition) is 1. The molecular formula is C20H16N6O3S. The molecular weight excluding hydrogens is 404 g/mol. The SMILES string of the molecule is CS(=O)(=O)c1ccc(-n2nccc2C(=O)Nc2ccnc(-c3ccccn3)n2)cc1. The number of sulfone groups is 1. The molecule has 3 aromatic heterocycles. The molecule has 0 spiro atoms. The molecule has 0 aliphatic rings. The molecule has 30 heavy (non-hydrogen) atoms. The van der Waals surface area contributed by atoms with Crippen molar-refractivity contribution in [1.29, 1.82) is 0 Å². The minimum absolute atomic E-state index is 0.187. The number of amides is 1. The van der Waals surface area contributed by atoms with Crippen LogP contribution in [0.4, 0.5) is 5.82 Å². The van der Waals surface area contributed by atoms with Gasteiger partial charge in [0.2, 0.25) is 0 Å². The number of carbonyl (C=O) groups is 1. The number of nitrogens with zero attached hydrogens (tertiary/aromatic N) is 5. The van der Waals surface area contributed by atoms with Crippen LogP contribution in [-0.2, 0) is 9.84 Å². The lowest BCUT2D eigenvalue weighted by atomic mass is 10.3. The van der Waals surface area contributed by atoms with Crippen molar-refractivity contribution in [3.8, 4) is 17.2 Å². The van der Waals surface area contributed by atoms with Crippen molar-refractivity contribution in [3.63, 3.8) is 0 Å². The summed E-state index contributed by atoms with van der Waals surface area (Å²) in [5, 5.41) is 6.90. The van der Waals surface area contributed by atoms with E-state index in [9.17, 15) is 13.2 Å². The van der Waals surface area contributed by atoms with Gasteiger partial charge in [0.25, 0.3) is 5.91 Å². The molecule has 3 heterocycles. The van der Waals surface area contributed by atoms with Crippen LogP contribution in [0.3, 0.4) is 0 Å². The van der Waals surface area contributed by atoms with E-state index in [0.29, 0.717) is 23.0 Å². The summed E-state index contributed by atoms with van der Waals surface area (Å²) in [6, 6.07) is 14.6. The molecule has 150 valence electrons. The zero-order chi connectivity index (χ0) is 21.1. The van der Waals surface area contributed by atoms with Crippen molar-refractivity contribution in [3.05, 3.63) is 78.9 Å². The van der Waals surface area contributed by atoms with Crippen molar-refractivity contribution in [2.75, 3.05) is 11.6 Å². The lowest BCUT2D eigenvalue weighted by Gasteiger charge is -2.09. The van der Waals surface area contributed by atoms with Gasteiger partial charge in [-0.2, -0.15) is 5.10 Å². The summed E-state index contributed by atoms with van der Waals surface area (Å²) in [6.45, 7) is 0. The van der Waals surface area contributed by atoms with Gasteiger partial charge in [0, 0.05) is 18.6 Å². The summed E-state index contributed by atoms with van der Waals surface area (Å²) >= 11 is 0. The van der Waals surface area contributed by atoms with Crippen LogP contribution < -0.4 is 5.32 Å². The van der Waals surface area contributed by atoms with Crippen LogP contribution >= 0.6 is 0 Å². The van der Waals surface area contributed by atoms with Crippen molar-refractivity contribution >= 4 is 21.6 Å². The van der Waals surface area contributed by atoms with E-state index in [2.05, 4.69) is 25.4 Å². The number of carbonyl (C=O) groups excluding carboxylic acids is 1. The molecule has 4 rings (SSSR count). The Bertz CT molecular complexity index is 1300. The molecule has 4 aromatic rings. The van der Waals surface area contributed by atoms with Gasteiger partial charge in [-0.15, -0.1) is 0 Å². The average molecular weight is 420 g/mol. The Kier molecular flexibility index (Phi) is 5.07. The fourth-order valence-corrected chi connectivity index (χ4v) is 3.37. The molecule has 1 amide bonds.